The summed E-state index contributed by atoms with van der Waals surface area (Å²) in [6.45, 7) is 0. The lowest BCUT2D eigenvalue weighted by atomic mass is 9.80. The van der Waals surface area contributed by atoms with E-state index in [1.165, 1.54) is 0 Å². The number of ketones is 1. The van der Waals surface area contributed by atoms with Crippen molar-refractivity contribution in [2.75, 3.05) is 0 Å². The maximum Gasteiger partial charge on any atom is 0.196 e. The molecule has 2 aromatic carbocycles. The second kappa shape index (κ2) is 3.79. The van der Waals surface area contributed by atoms with E-state index in [0.29, 0.717) is 0 Å². The Hall–Kier alpha value is -1.94. The molecule has 0 saturated heterocycles. The third-order valence-corrected chi connectivity index (χ3v) is 5.36. The summed E-state index contributed by atoms with van der Waals surface area (Å²) in [5, 5.41) is 4.19. The van der Waals surface area contributed by atoms with Crippen LogP contribution < -0.4 is 5.43 Å². The van der Waals surface area contributed by atoms with Gasteiger partial charge in [-0.1, -0.05) is 70.5 Å². The lowest BCUT2D eigenvalue weighted by Crippen LogP contribution is -2.51. The van der Waals surface area contributed by atoms with Crippen molar-refractivity contribution in [2.45, 2.75) is 9.86 Å². The van der Waals surface area contributed by atoms with Gasteiger partial charge in [0.1, 0.15) is 4.32 Å². The fourth-order valence-corrected chi connectivity index (χ4v) is 4.12. The number of rotatable bonds is 1. The van der Waals surface area contributed by atoms with Crippen molar-refractivity contribution in [3.8, 4) is 0 Å². The van der Waals surface area contributed by atoms with E-state index in [9.17, 15) is 4.79 Å². The van der Waals surface area contributed by atoms with Crippen LogP contribution in [0.4, 0.5) is 0 Å². The molecule has 2 atom stereocenters. The minimum Gasteiger partial charge on any atom is -0.291 e. The highest BCUT2D eigenvalue weighted by atomic mass is 79.9. The Bertz CT molecular complexity index is 743. The molecule has 20 heavy (non-hydrogen) atoms. The molecule has 3 nitrogen and oxygen atoms in total. The Kier molecular flexibility index (Phi) is 2.25. The lowest BCUT2D eigenvalue weighted by molar-refractivity contribution is 0.0868. The monoisotopic (exact) mass is 326 g/mol. The SMILES string of the molecule is O=C1c2ccccc2[C@@]2(Br)C=NN[C@]12c1ccccc1. The minimum atomic E-state index is -0.891. The van der Waals surface area contributed by atoms with Crippen LogP contribution in [0.2, 0.25) is 0 Å². The zero-order valence-electron chi connectivity index (χ0n) is 10.5. The molecule has 2 aromatic rings. The molecule has 98 valence electrons. The number of carbonyl (C=O) groups excluding carboxylic acids is 1. The van der Waals surface area contributed by atoms with Gasteiger partial charge in [0.2, 0.25) is 0 Å². The average Bonchev–Trinajstić information content (AvgIpc) is 2.94. The molecule has 0 aromatic heterocycles. The normalized spacial score (nSPS) is 29.9. The topological polar surface area (TPSA) is 41.5 Å². The third kappa shape index (κ3) is 1.16. The molecule has 0 bridgehead atoms. The molecular weight excluding hydrogens is 316 g/mol. The molecule has 4 rings (SSSR count). The highest BCUT2D eigenvalue weighted by molar-refractivity contribution is 9.10. The van der Waals surface area contributed by atoms with Crippen LogP contribution in [0.3, 0.4) is 0 Å². The van der Waals surface area contributed by atoms with Crippen molar-refractivity contribution < 1.29 is 4.79 Å². The smallest absolute Gasteiger partial charge is 0.196 e. The number of nitrogens with zero attached hydrogens (tertiary/aromatic N) is 1. The standard InChI is InChI=1S/C16H11BrN2O/c17-15-10-18-19-16(15,11-6-2-1-3-7-11)14(20)12-8-4-5-9-13(12)15/h1-10,19H/t15-,16+/m0/s1. The molecule has 1 heterocycles. The van der Waals surface area contributed by atoms with E-state index in [1.807, 2.05) is 54.6 Å². The zero-order chi connectivity index (χ0) is 13.8. The first kappa shape index (κ1) is 11.9. The fourth-order valence-electron chi connectivity index (χ4n) is 3.18. The second-order valence-corrected chi connectivity index (χ2v) is 6.32. The van der Waals surface area contributed by atoms with Crippen molar-refractivity contribution in [1.29, 1.82) is 0 Å². The van der Waals surface area contributed by atoms with Crippen LogP contribution >= 0.6 is 15.9 Å². The van der Waals surface area contributed by atoms with Crippen LogP contribution in [0.5, 0.6) is 0 Å². The van der Waals surface area contributed by atoms with Gasteiger partial charge >= 0.3 is 0 Å². The van der Waals surface area contributed by atoms with E-state index < -0.39 is 9.86 Å². The Morgan fingerprint density at radius 2 is 1.70 bits per heavy atom. The Labute approximate surface area is 124 Å². The number of nitrogens with one attached hydrogen (secondary N) is 1. The van der Waals surface area contributed by atoms with E-state index in [4.69, 9.17) is 0 Å². The number of hydrogen-bond acceptors (Lipinski definition) is 3. The van der Waals surface area contributed by atoms with Crippen LogP contribution in [0, 0.1) is 0 Å². The molecule has 4 heteroatoms. The van der Waals surface area contributed by atoms with Crippen LogP contribution in [-0.4, -0.2) is 12.0 Å². The summed E-state index contributed by atoms with van der Waals surface area (Å²) in [6, 6.07) is 17.4. The quantitative estimate of drug-likeness (QED) is 0.818. The highest BCUT2D eigenvalue weighted by Crippen LogP contribution is 2.56. The van der Waals surface area contributed by atoms with E-state index in [0.717, 1.165) is 16.7 Å². The van der Waals surface area contributed by atoms with Gasteiger partial charge < -0.3 is 0 Å². The number of carbonyl (C=O) groups is 1. The molecule has 1 N–H and O–H groups in total. The van der Waals surface area contributed by atoms with Crippen LogP contribution in [0.15, 0.2) is 59.7 Å². The first-order valence-electron chi connectivity index (χ1n) is 6.40. The molecule has 2 aliphatic rings. The fraction of sp³-hybridized carbons (Fsp3) is 0.125. The zero-order valence-corrected chi connectivity index (χ0v) is 12.1. The average molecular weight is 327 g/mol. The largest absolute Gasteiger partial charge is 0.291 e. The summed E-state index contributed by atoms with van der Waals surface area (Å²) >= 11 is 3.77. The third-order valence-electron chi connectivity index (χ3n) is 4.13. The number of halogens is 1. The highest BCUT2D eigenvalue weighted by Gasteiger charge is 2.65. The second-order valence-electron chi connectivity index (χ2n) is 5.07. The number of hydrazone groups is 1. The molecule has 0 saturated carbocycles. The first-order chi connectivity index (χ1) is 9.70. The molecule has 1 aliphatic heterocycles. The minimum absolute atomic E-state index is 0.0497. The summed E-state index contributed by atoms with van der Waals surface area (Å²) in [4.78, 5) is 13.0. The molecule has 0 radical (unpaired) electrons. The predicted molar refractivity (Wildman–Crippen MR) is 81.1 cm³/mol. The number of hydrogen-bond donors (Lipinski definition) is 1. The van der Waals surface area contributed by atoms with Crippen molar-refractivity contribution in [3.05, 3.63) is 71.3 Å². The number of alkyl halides is 1. The van der Waals surface area contributed by atoms with Gasteiger partial charge in [-0.3, -0.25) is 10.2 Å². The van der Waals surface area contributed by atoms with Crippen LogP contribution in [-0.2, 0) is 9.86 Å². The molecule has 0 unspecified atom stereocenters. The lowest BCUT2D eigenvalue weighted by Gasteiger charge is -2.33. The van der Waals surface area contributed by atoms with Gasteiger partial charge in [-0.05, 0) is 11.1 Å². The van der Waals surface area contributed by atoms with E-state index >= 15 is 0 Å². The first-order valence-corrected chi connectivity index (χ1v) is 7.19. The van der Waals surface area contributed by atoms with Gasteiger partial charge in [-0.2, -0.15) is 5.10 Å². The van der Waals surface area contributed by atoms with Crippen molar-refractivity contribution in [1.82, 2.24) is 5.43 Å². The maximum atomic E-state index is 13.0. The summed E-state index contributed by atoms with van der Waals surface area (Å²) in [5.74, 6) is 0.0497. The van der Waals surface area contributed by atoms with Gasteiger partial charge in [0.15, 0.2) is 11.3 Å². The van der Waals surface area contributed by atoms with Gasteiger partial charge in [0.05, 0.1) is 0 Å². The van der Waals surface area contributed by atoms with E-state index in [1.54, 1.807) is 6.21 Å². The van der Waals surface area contributed by atoms with Crippen molar-refractivity contribution in [3.63, 3.8) is 0 Å². The maximum absolute atomic E-state index is 13.0. The summed E-state index contributed by atoms with van der Waals surface area (Å²) in [7, 11) is 0. The van der Waals surface area contributed by atoms with Gasteiger partial charge in [0.25, 0.3) is 0 Å². The van der Waals surface area contributed by atoms with E-state index in [-0.39, 0.29) is 5.78 Å². The van der Waals surface area contributed by atoms with Crippen LogP contribution in [0.25, 0.3) is 0 Å². The molecular formula is C16H11BrN2O. The van der Waals surface area contributed by atoms with Crippen molar-refractivity contribution >= 4 is 27.9 Å². The Morgan fingerprint density at radius 3 is 2.50 bits per heavy atom. The Balaban J connectivity index is 2.05. The van der Waals surface area contributed by atoms with E-state index in [2.05, 4.69) is 26.5 Å². The molecule has 0 amide bonds. The number of fused-ring (bicyclic) bond motifs is 3. The summed E-state index contributed by atoms with van der Waals surface area (Å²) < 4.78 is -0.630. The summed E-state index contributed by atoms with van der Waals surface area (Å²) in [6.07, 6.45) is 1.78. The Morgan fingerprint density at radius 1 is 1.00 bits per heavy atom. The predicted octanol–water partition coefficient (Wildman–Crippen LogP) is 2.96. The summed E-state index contributed by atoms with van der Waals surface area (Å²) in [5.41, 5.74) is 4.78. The van der Waals surface area contributed by atoms with Gasteiger partial charge in [-0.25, -0.2) is 0 Å². The molecule has 0 spiro atoms. The van der Waals surface area contributed by atoms with Crippen molar-refractivity contribution in [2.24, 2.45) is 5.10 Å². The number of benzene rings is 2. The van der Waals surface area contributed by atoms with Crippen LogP contribution in [0.1, 0.15) is 21.5 Å². The van der Waals surface area contributed by atoms with Gasteiger partial charge in [-0.15, -0.1) is 0 Å². The molecule has 1 aliphatic carbocycles. The number of Topliss-reactive ketones (excluding diaryl/α,β-unsaturated/α-hetero) is 1. The molecule has 0 fully saturated rings. The van der Waals surface area contributed by atoms with Gasteiger partial charge in [0, 0.05) is 11.8 Å².